The number of nitrogens with one attached hydrogen (secondary N) is 2. The molecule has 2 N–H and O–H groups in total. The predicted molar refractivity (Wildman–Crippen MR) is 79.6 cm³/mol. The van der Waals surface area contributed by atoms with Crippen LogP contribution in [0.3, 0.4) is 0 Å². The van der Waals surface area contributed by atoms with Crippen molar-refractivity contribution >= 4 is 5.91 Å². The minimum Gasteiger partial charge on any atom is -0.486 e. The van der Waals surface area contributed by atoms with Crippen molar-refractivity contribution in [1.29, 1.82) is 0 Å². The van der Waals surface area contributed by atoms with Crippen LogP contribution in [-0.2, 0) is 4.79 Å². The van der Waals surface area contributed by atoms with E-state index in [9.17, 15) is 4.79 Å². The summed E-state index contributed by atoms with van der Waals surface area (Å²) in [6, 6.07) is 5.73. The van der Waals surface area contributed by atoms with Gasteiger partial charge in [-0.2, -0.15) is 0 Å². The molecule has 1 amide bonds. The number of benzene rings is 1. The van der Waals surface area contributed by atoms with Crippen LogP contribution in [-0.4, -0.2) is 32.2 Å². The number of hydrogen-bond acceptors (Lipinski definition) is 4. The second-order valence-corrected chi connectivity index (χ2v) is 5.43. The van der Waals surface area contributed by atoms with Crippen LogP contribution < -0.4 is 20.1 Å². The van der Waals surface area contributed by atoms with Crippen LogP contribution in [0.2, 0.25) is 0 Å². The fraction of sp³-hybridized carbons (Fsp3) is 0.438. The monoisotopic (exact) mass is 288 g/mol. The van der Waals surface area contributed by atoms with Gasteiger partial charge in [0.05, 0.1) is 6.04 Å². The molecule has 1 saturated heterocycles. The maximum Gasteiger partial charge on any atom is 0.247 e. The molecule has 2 aliphatic heterocycles. The molecule has 0 radical (unpaired) electrons. The highest BCUT2D eigenvalue weighted by Crippen LogP contribution is 2.32. The second-order valence-electron chi connectivity index (χ2n) is 5.43. The summed E-state index contributed by atoms with van der Waals surface area (Å²) in [5.41, 5.74) is 3.01. The summed E-state index contributed by atoms with van der Waals surface area (Å²) in [5, 5.41) is 6.18. The van der Waals surface area contributed by atoms with E-state index >= 15 is 0 Å². The number of fused-ring (bicyclic) bond motifs is 1. The van der Waals surface area contributed by atoms with Crippen molar-refractivity contribution < 1.29 is 14.3 Å². The molecule has 0 spiro atoms. The molecular formula is C16H20N2O3. The summed E-state index contributed by atoms with van der Waals surface area (Å²) in [5.74, 6) is 1.51. The standard InChI is InChI=1S/C16H20N2O3/c1-10(13-8-17-9-13)16(19)18-11(2)12-3-4-14-15(7-12)21-6-5-20-14/h3-4,7,11,17H,5-6,8-9H2,1-2H3,(H,18,19). The molecule has 112 valence electrons. The summed E-state index contributed by atoms with van der Waals surface area (Å²) in [6.07, 6.45) is 0. The van der Waals surface area contributed by atoms with E-state index in [2.05, 4.69) is 10.6 Å². The molecule has 1 aromatic carbocycles. The van der Waals surface area contributed by atoms with E-state index < -0.39 is 0 Å². The van der Waals surface area contributed by atoms with Crippen molar-refractivity contribution in [3.8, 4) is 11.5 Å². The molecule has 0 saturated carbocycles. The molecule has 1 atom stereocenters. The normalized spacial score (nSPS) is 17.7. The smallest absolute Gasteiger partial charge is 0.247 e. The number of ether oxygens (including phenoxy) is 2. The molecule has 0 aliphatic carbocycles. The van der Waals surface area contributed by atoms with Gasteiger partial charge in [-0.25, -0.2) is 0 Å². The van der Waals surface area contributed by atoms with Crippen LogP contribution in [0.4, 0.5) is 0 Å². The van der Waals surface area contributed by atoms with Gasteiger partial charge in [0.25, 0.3) is 0 Å². The zero-order valence-corrected chi connectivity index (χ0v) is 12.4. The van der Waals surface area contributed by atoms with Gasteiger partial charge in [-0.1, -0.05) is 6.07 Å². The molecule has 21 heavy (non-hydrogen) atoms. The third-order valence-electron chi connectivity index (χ3n) is 3.96. The average Bonchev–Trinajstić information content (AvgIpc) is 2.44. The van der Waals surface area contributed by atoms with Gasteiger partial charge in [0, 0.05) is 18.7 Å². The molecule has 0 bridgehead atoms. The van der Waals surface area contributed by atoms with Crippen molar-refractivity contribution in [3.05, 3.63) is 34.9 Å². The first-order valence-corrected chi connectivity index (χ1v) is 7.25. The van der Waals surface area contributed by atoms with Crippen molar-refractivity contribution in [2.45, 2.75) is 19.9 Å². The van der Waals surface area contributed by atoms with E-state index in [0.29, 0.717) is 13.2 Å². The Morgan fingerprint density at radius 2 is 1.95 bits per heavy atom. The second kappa shape index (κ2) is 5.77. The Hall–Kier alpha value is -2.01. The topological polar surface area (TPSA) is 59.6 Å². The van der Waals surface area contributed by atoms with Crippen molar-refractivity contribution in [2.24, 2.45) is 0 Å². The van der Waals surface area contributed by atoms with E-state index in [4.69, 9.17) is 9.47 Å². The number of carbonyl (C=O) groups is 1. The van der Waals surface area contributed by atoms with Crippen LogP contribution in [0.1, 0.15) is 25.5 Å². The van der Waals surface area contributed by atoms with Gasteiger partial charge in [0.15, 0.2) is 11.5 Å². The Morgan fingerprint density at radius 3 is 2.62 bits per heavy atom. The molecular weight excluding hydrogens is 268 g/mol. The van der Waals surface area contributed by atoms with Crippen molar-refractivity contribution in [2.75, 3.05) is 26.3 Å². The van der Waals surface area contributed by atoms with E-state index in [1.54, 1.807) is 0 Å². The lowest BCUT2D eigenvalue weighted by Crippen LogP contribution is -2.38. The van der Waals surface area contributed by atoms with E-state index in [-0.39, 0.29) is 11.9 Å². The summed E-state index contributed by atoms with van der Waals surface area (Å²) < 4.78 is 11.1. The third kappa shape index (κ3) is 2.88. The van der Waals surface area contributed by atoms with Gasteiger partial charge in [0.2, 0.25) is 5.91 Å². The van der Waals surface area contributed by atoms with Gasteiger partial charge in [0.1, 0.15) is 13.2 Å². The lowest BCUT2D eigenvalue weighted by atomic mass is 10.0. The molecule has 1 fully saturated rings. The fourth-order valence-corrected chi connectivity index (χ4v) is 2.39. The summed E-state index contributed by atoms with van der Waals surface area (Å²) in [7, 11) is 0. The summed E-state index contributed by atoms with van der Waals surface area (Å²) in [4.78, 5) is 12.2. The Morgan fingerprint density at radius 1 is 1.24 bits per heavy atom. The minimum atomic E-state index is -0.0723. The third-order valence-corrected chi connectivity index (χ3v) is 3.96. The molecule has 2 heterocycles. The van der Waals surface area contributed by atoms with E-state index in [1.807, 2.05) is 32.0 Å². The molecule has 5 heteroatoms. The zero-order valence-electron chi connectivity index (χ0n) is 12.4. The van der Waals surface area contributed by atoms with Crippen LogP contribution in [0.15, 0.2) is 29.3 Å². The fourth-order valence-electron chi connectivity index (χ4n) is 2.39. The highest BCUT2D eigenvalue weighted by atomic mass is 16.6. The Labute approximate surface area is 124 Å². The Kier molecular flexibility index (Phi) is 3.84. The van der Waals surface area contributed by atoms with E-state index in [0.717, 1.165) is 35.7 Å². The largest absolute Gasteiger partial charge is 0.486 e. The highest BCUT2D eigenvalue weighted by molar-refractivity contribution is 5.94. The first kappa shape index (κ1) is 13.9. The average molecular weight is 288 g/mol. The van der Waals surface area contributed by atoms with Crippen LogP contribution in [0, 0.1) is 0 Å². The zero-order chi connectivity index (χ0) is 14.8. The van der Waals surface area contributed by atoms with Gasteiger partial charge in [-0.3, -0.25) is 4.79 Å². The van der Waals surface area contributed by atoms with Crippen LogP contribution in [0.25, 0.3) is 0 Å². The molecule has 1 aromatic rings. The lowest BCUT2D eigenvalue weighted by Gasteiger charge is -2.23. The Balaban J connectivity index is 1.70. The number of hydrogen-bond donors (Lipinski definition) is 2. The summed E-state index contributed by atoms with van der Waals surface area (Å²) in [6.45, 7) is 6.63. The molecule has 0 aromatic heterocycles. The molecule has 5 nitrogen and oxygen atoms in total. The molecule has 1 unspecified atom stereocenters. The number of amides is 1. The lowest BCUT2D eigenvalue weighted by molar-refractivity contribution is -0.118. The molecule has 3 rings (SSSR count). The quantitative estimate of drug-likeness (QED) is 0.829. The number of carbonyl (C=O) groups excluding carboxylic acids is 1. The highest BCUT2D eigenvalue weighted by Gasteiger charge is 2.19. The maximum atomic E-state index is 12.2. The van der Waals surface area contributed by atoms with Crippen molar-refractivity contribution in [1.82, 2.24) is 10.6 Å². The van der Waals surface area contributed by atoms with Crippen LogP contribution in [0.5, 0.6) is 11.5 Å². The summed E-state index contributed by atoms with van der Waals surface area (Å²) >= 11 is 0. The SMILES string of the molecule is CC(C(=O)NC(C)c1ccc2c(c1)OCCO2)=C1CNC1. The van der Waals surface area contributed by atoms with E-state index in [1.165, 1.54) is 5.57 Å². The number of rotatable bonds is 3. The minimum absolute atomic E-state index is 0.00566. The first-order chi connectivity index (χ1) is 10.1. The van der Waals surface area contributed by atoms with Crippen molar-refractivity contribution in [3.63, 3.8) is 0 Å². The van der Waals surface area contributed by atoms with Gasteiger partial charge >= 0.3 is 0 Å². The molecule has 2 aliphatic rings. The maximum absolute atomic E-state index is 12.2. The van der Waals surface area contributed by atoms with Gasteiger partial charge in [-0.05, 0) is 37.1 Å². The predicted octanol–water partition coefficient (Wildman–Crippen LogP) is 1.55. The first-order valence-electron chi connectivity index (χ1n) is 7.25. The van der Waals surface area contributed by atoms with Crippen LogP contribution >= 0.6 is 0 Å². The van der Waals surface area contributed by atoms with Gasteiger partial charge < -0.3 is 20.1 Å². The van der Waals surface area contributed by atoms with Gasteiger partial charge in [-0.15, -0.1) is 0 Å². The Bertz CT molecular complexity index is 589.